The van der Waals surface area contributed by atoms with Crippen molar-refractivity contribution in [2.75, 3.05) is 0 Å². The standard InChI is InChI=1S/C33H20N2/c1-8-16-31-22(9-1)20-34-32(35-31)21-17-18-26-25-12-4-7-15-29(25)33(30(26)19-21)27-13-5-2-10-23(27)24-11-3-6-14-28(24)33/h1-20H. The number of para-hydroxylation sites is 1. The smallest absolute Gasteiger partial charge is 0.159 e. The molecule has 1 heterocycles. The zero-order chi connectivity index (χ0) is 23.0. The van der Waals surface area contributed by atoms with E-state index in [1.54, 1.807) is 0 Å². The zero-order valence-electron chi connectivity index (χ0n) is 18.9. The average Bonchev–Trinajstić information content (AvgIpc) is 3.40. The van der Waals surface area contributed by atoms with Gasteiger partial charge in [0, 0.05) is 17.1 Å². The lowest BCUT2D eigenvalue weighted by Gasteiger charge is -2.30. The number of aromatic nitrogens is 2. The summed E-state index contributed by atoms with van der Waals surface area (Å²) in [5.74, 6) is 0.761. The van der Waals surface area contributed by atoms with E-state index >= 15 is 0 Å². The topological polar surface area (TPSA) is 25.8 Å². The SMILES string of the molecule is c1ccc2c(c1)-c1ccccc1C21c2ccccc2-c2ccc(-c3ncc4ccccc4n3)cc21. The predicted molar refractivity (Wildman–Crippen MR) is 141 cm³/mol. The zero-order valence-corrected chi connectivity index (χ0v) is 18.9. The van der Waals surface area contributed by atoms with E-state index < -0.39 is 0 Å². The molecule has 5 aromatic carbocycles. The molecular formula is C33H20N2. The van der Waals surface area contributed by atoms with E-state index in [-0.39, 0.29) is 5.41 Å². The predicted octanol–water partition coefficient (Wildman–Crippen LogP) is 7.64. The Labute approximate surface area is 203 Å². The number of hydrogen-bond acceptors (Lipinski definition) is 2. The molecule has 6 aromatic rings. The van der Waals surface area contributed by atoms with Crippen molar-refractivity contribution in [1.82, 2.24) is 9.97 Å². The number of hydrogen-bond donors (Lipinski definition) is 0. The lowest BCUT2D eigenvalue weighted by atomic mass is 9.70. The summed E-state index contributed by atoms with van der Waals surface area (Å²) in [4.78, 5) is 9.66. The van der Waals surface area contributed by atoms with Crippen LogP contribution in [0.2, 0.25) is 0 Å². The highest BCUT2D eigenvalue weighted by atomic mass is 14.9. The molecule has 0 amide bonds. The van der Waals surface area contributed by atoms with Gasteiger partial charge in [-0.25, -0.2) is 9.97 Å². The van der Waals surface area contributed by atoms with E-state index in [2.05, 4.69) is 103 Å². The summed E-state index contributed by atoms with van der Waals surface area (Å²) >= 11 is 0. The van der Waals surface area contributed by atoms with Gasteiger partial charge >= 0.3 is 0 Å². The fourth-order valence-corrected chi connectivity index (χ4v) is 6.35. The Hall–Kier alpha value is -4.56. The van der Waals surface area contributed by atoms with Crippen LogP contribution in [0.5, 0.6) is 0 Å². The van der Waals surface area contributed by atoms with E-state index in [9.17, 15) is 0 Å². The van der Waals surface area contributed by atoms with E-state index in [0.29, 0.717) is 0 Å². The van der Waals surface area contributed by atoms with Gasteiger partial charge in [-0.15, -0.1) is 0 Å². The molecule has 35 heavy (non-hydrogen) atoms. The highest BCUT2D eigenvalue weighted by Crippen LogP contribution is 2.62. The van der Waals surface area contributed by atoms with Crippen molar-refractivity contribution in [2.24, 2.45) is 0 Å². The fraction of sp³-hybridized carbons (Fsp3) is 0.0303. The summed E-state index contributed by atoms with van der Waals surface area (Å²) in [6.45, 7) is 0. The van der Waals surface area contributed by atoms with Crippen molar-refractivity contribution in [1.29, 1.82) is 0 Å². The van der Waals surface area contributed by atoms with Gasteiger partial charge in [0.05, 0.1) is 10.9 Å². The normalized spacial score (nSPS) is 13.9. The maximum Gasteiger partial charge on any atom is 0.159 e. The van der Waals surface area contributed by atoms with Gasteiger partial charge in [-0.3, -0.25) is 0 Å². The van der Waals surface area contributed by atoms with Crippen molar-refractivity contribution < 1.29 is 0 Å². The first-order chi connectivity index (χ1) is 17.4. The van der Waals surface area contributed by atoms with Gasteiger partial charge < -0.3 is 0 Å². The monoisotopic (exact) mass is 444 g/mol. The second-order valence-electron chi connectivity index (χ2n) is 9.40. The van der Waals surface area contributed by atoms with Gasteiger partial charge in [-0.1, -0.05) is 103 Å². The molecule has 8 rings (SSSR count). The first kappa shape index (κ1) is 18.8. The van der Waals surface area contributed by atoms with E-state index in [0.717, 1.165) is 22.3 Å². The van der Waals surface area contributed by atoms with E-state index in [4.69, 9.17) is 9.97 Å². The Morgan fingerprint density at radius 3 is 1.69 bits per heavy atom. The molecule has 0 bridgehead atoms. The molecule has 0 aliphatic heterocycles. The van der Waals surface area contributed by atoms with Crippen LogP contribution in [-0.2, 0) is 5.41 Å². The van der Waals surface area contributed by atoms with Crippen LogP contribution in [0.15, 0.2) is 121 Å². The van der Waals surface area contributed by atoms with Crippen LogP contribution in [0.3, 0.4) is 0 Å². The molecule has 0 saturated carbocycles. The molecule has 0 atom stereocenters. The van der Waals surface area contributed by atoms with Gasteiger partial charge in [-0.05, 0) is 56.6 Å². The summed E-state index contributed by atoms with van der Waals surface area (Å²) < 4.78 is 0. The maximum absolute atomic E-state index is 4.91. The minimum Gasteiger partial charge on any atom is -0.236 e. The molecule has 2 aliphatic carbocycles. The third kappa shape index (κ3) is 2.33. The van der Waals surface area contributed by atoms with Crippen molar-refractivity contribution >= 4 is 10.9 Å². The molecule has 0 fully saturated rings. The molecular weight excluding hydrogens is 424 g/mol. The summed E-state index contributed by atoms with van der Waals surface area (Å²) in [5.41, 5.74) is 12.3. The van der Waals surface area contributed by atoms with E-state index in [1.165, 1.54) is 44.5 Å². The van der Waals surface area contributed by atoms with Gasteiger partial charge in [0.25, 0.3) is 0 Å². The Bertz CT molecular complexity index is 1750. The van der Waals surface area contributed by atoms with Crippen molar-refractivity contribution in [2.45, 2.75) is 5.41 Å². The molecule has 2 aliphatic rings. The van der Waals surface area contributed by atoms with Crippen LogP contribution in [0, 0.1) is 0 Å². The Balaban J connectivity index is 1.47. The number of fused-ring (bicyclic) bond motifs is 11. The summed E-state index contributed by atoms with van der Waals surface area (Å²) in [6.07, 6.45) is 1.93. The average molecular weight is 445 g/mol. The minimum absolute atomic E-state index is 0.341. The van der Waals surface area contributed by atoms with Gasteiger partial charge in [0.2, 0.25) is 0 Å². The molecule has 0 unspecified atom stereocenters. The van der Waals surface area contributed by atoms with Crippen molar-refractivity contribution in [3.05, 3.63) is 144 Å². The van der Waals surface area contributed by atoms with Gasteiger partial charge in [0.15, 0.2) is 5.82 Å². The molecule has 162 valence electrons. The largest absolute Gasteiger partial charge is 0.236 e. The van der Waals surface area contributed by atoms with Gasteiger partial charge in [-0.2, -0.15) is 0 Å². The van der Waals surface area contributed by atoms with Crippen LogP contribution in [-0.4, -0.2) is 9.97 Å². The third-order valence-corrected chi connectivity index (χ3v) is 7.74. The molecule has 0 radical (unpaired) electrons. The Morgan fingerprint density at radius 2 is 1.03 bits per heavy atom. The third-order valence-electron chi connectivity index (χ3n) is 7.74. The van der Waals surface area contributed by atoms with Crippen LogP contribution in [0.25, 0.3) is 44.5 Å². The summed E-state index contributed by atoms with van der Waals surface area (Å²) in [7, 11) is 0. The number of nitrogens with zero attached hydrogens (tertiary/aromatic N) is 2. The Kier molecular flexibility index (Phi) is 3.62. The minimum atomic E-state index is -0.341. The number of benzene rings is 5. The molecule has 2 nitrogen and oxygen atoms in total. The molecule has 2 heteroatoms. The first-order valence-corrected chi connectivity index (χ1v) is 12.0. The quantitative estimate of drug-likeness (QED) is 0.260. The highest BCUT2D eigenvalue weighted by molar-refractivity contribution is 5.95. The fourth-order valence-electron chi connectivity index (χ4n) is 6.35. The lowest BCUT2D eigenvalue weighted by Crippen LogP contribution is -2.25. The molecule has 1 aromatic heterocycles. The lowest BCUT2D eigenvalue weighted by molar-refractivity contribution is 0.794. The van der Waals surface area contributed by atoms with Gasteiger partial charge in [0.1, 0.15) is 0 Å². The number of rotatable bonds is 1. The molecule has 0 saturated heterocycles. The second-order valence-corrected chi connectivity index (χ2v) is 9.40. The second kappa shape index (κ2) is 6.74. The summed E-state index contributed by atoms with van der Waals surface area (Å²) in [6, 6.07) is 41.6. The van der Waals surface area contributed by atoms with Crippen LogP contribution in [0.1, 0.15) is 22.3 Å². The van der Waals surface area contributed by atoms with Crippen LogP contribution >= 0.6 is 0 Å². The van der Waals surface area contributed by atoms with Crippen molar-refractivity contribution in [3.8, 4) is 33.6 Å². The highest BCUT2D eigenvalue weighted by Gasteiger charge is 2.51. The first-order valence-electron chi connectivity index (χ1n) is 12.0. The maximum atomic E-state index is 4.91. The Morgan fingerprint density at radius 1 is 0.486 bits per heavy atom. The summed E-state index contributed by atoms with van der Waals surface area (Å²) in [5, 5.41) is 1.06. The van der Waals surface area contributed by atoms with Crippen molar-refractivity contribution in [3.63, 3.8) is 0 Å². The molecule has 1 spiro atoms. The molecule has 0 N–H and O–H groups in total. The van der Waals surface area contributed by atoms with Crippen LogP contribution < -0.4 is 0 Å². The van der Waals surface area contributed by atoms with Crippen LogP contribution in [0.4, 0.5) is 0 Å². The van der Waals surface area contributed by atoms with E-state index in [1.807, 2.05) is 18.3 Å².